The van der Waals surface area contributed by atoms with Crippen molar-refractivity contribution in [3.05, 3.63) is 131 Å². The van der Waals surface area contributed by atoms with Gasteiger partial charge in [-0.1, -0.05) is 72.8 Å². The summed E-state index contributed by atoms with van der Waals surface area (Å²) in [6.07, 6.45) is 1.97. The van der Waals surface area contributed by atoms with Crippen molar-refractivity contribution in [3.63, 3.8) is 0 Å². The highest BCUT2D eigenvalue weighted by Gasteiger charge is 2.27. The second-order valence-corrected chi connectivity index (χ2v) is 10.8. The highest BCUT2D eigenvalue weighted by Crippen LogP contribution is 2.15. The Kier molecular flexibility index (Phi) is 12.5. The Hall–Kier alpha value is -5.15. The Balaban J connectivity index is 1.41. The van der Waals surface area contributed by atoms with Gasteiger partial charge in [0.05, 0.1) is 0 Å². The molecule has 0 unspecified atom stereocenters. The molecule has 7 N–H and O–H groups in total. The number of nitrogen functional groups attached to an aromatic ring is 1. The fourth-order valence-corrected chi connectivity index (χ4v) is 4.72. The average Bonchev–Trinajstić information content (AvgIpc) is 3.07. The van der Waals surface area contributed by atoms with Gasteiger partial charge in [-0.05, 0) is 78.9 Å². The number of amides is 3. The third-order valence-corrected chi connectivity index (χ3v) is 7.30. The minimum absolute atomic E-state index is 0.242. The molecule has 234 valence electrons. The van der Waals surface area contributed by atoms with Crippen molar-refractivity contribution in [2.24, 2.45) is 5.73 Å². The zero-order valence-electron chi connectivity index (χ0n) is 25.3. The first-order valence-corrected chi connectivity index (χ1v) is 15.2. The number of benzene rings is 4. The van der Waals surface area contributed by atoms with Crippen molar-refractivity contribution in [1.29, 1.82) is 0 Å². The van der Waals surface area contributed by atoms with E-state index in [1.54, 1.807) is 36.4 Å². The van der Waals surface area contributed by atoms with Crippen molar-refractivity contribution in [3.8, 4) is 5.75 Å². The van der Waals surface area contributed by atoms with Crippen LogP contribution in [0.2, 0.25) is 0 Å². The third-order valence-electron chi connectivity index (χ3n) is 7.30. The van der Waals surface area contributed by atoms with Gasteiger partial charge in [-0.15, -0.1) is 0 Å². The summed E-state index contributed by atoms with van der Waals surface area (Å²) < 4.78 is 5.86. The molecule has 3 amide bonds. The first-order valence-electron chi connectivity index (χ1n) is 15.2. The fraction of sp³-hybridized carbons (Fsp3) is 0.250. The first kappa shape index (κ1) is 32.8. The van der Waals surface area contributed by atoms with Gasteiger partial charge in [0.1, 0.15) is 24.4 Å². The van der Waals surface area contributed by atoms with E-state index in [9.17, 15) is 14.4 Å². The summed E-state index contributed by atoms with van der Waals surface area (Å²) in [4.78, 5) is 40.0. The predicted molar refractivity (Wildman–Crippen MR) is 176 cm³/mol. The molecule has 0 aliphatic rings. The third kappa shape index (κ3) is 10.8. The molecule has 0 aromatic heterocycles. The number of carbonyl (C=O) groups excluding carboxylic acids is 3. The highest BCUT2D eigenvalue weighted by molar-refractivity contribution is 5.98. The minimum atomic E-state index is -0.889. The Labute approximate surface area is 264 Å². The molecule has 0 spiro atoms. The molecular formula is C36H41N5O4. The second-order valence-electron chi connectivity index (χ2n) is 10.8. The molecule has 0 saturated carbocycles. The summed E-state index contributed by atoms with van der Waals surface area (Å²) in [7, 11) is 0. The Morgan fingerprint density at radius 3 is 1.98 bits per heavy atom. The molecule has 9 nitrogen and oxygen atoms in total. The maximum absolute atomic E-state index is 13.6. The van der Waals surface area contributed by atoms with Crippen LogP contribution in [0.3, 0.4) is 0 Å². The summed E-state index contributed by atoms with van der Waals surface area (Å²) in [5.74, 6) is -0.425. The molecule has 0 heterocycles. The van der Waals surface area contributed by atoms with Gasteiger partial charge in [-0.25, -0.2) is 0 Å². The van der Waals surface area contributed by atoms with Crippen molar-refractivity contribution < 1.29 is 19.1 Å². The molecule has 4 aromatic carbocycles. The number of hydrogen-bond donors (Lipinski definition) is 5. The van der Waals surface area contributed by atoms with E-state index >= 15 is 0 Å². The van der Waals surface area contributed by atoms with E-state index in [2.05, 4.69) is 16.0 Å². The fourth-order valence-electron chi connectivity index (χ4n) is 4.72. The van der Waals surface area contributed by atoms with Crippen LogP contribution in [0.1, 0.15) is 46.3 Å². The van der Waals surface area contributed by atoms with E-state index in [0.29, 0.717) is 43.7 Å². The predicted octanol–water partition coefficient (Wildman–Crippen LogP) is 4.12. The number of hydrogen-bond acceptors (Lipinski definition) is 6. The molecule has 0 saturated heterocycles. The molecule has 0 bridgehead atoms. The lowest BCUT2D eigenvalue weighted by Gasteiger charge is -2.23. The molecular weight excluding hydrogens is 566 g/mol. The molecule has 45 heavy (non-hydrogen) atoms. The summed E-state index contributed by atoms with van der Waals surface area (Å²) in [6, 6.07) is 31.5. The van der Waals surface area contributed by atoms with Crippen molar-refractivity contribution >= 4 is 23.4 Å². The van der Waals surface area contributed by atoms with Crippen LogP contribution in [0, 0.1) is 0 Å². The lowest BCUT2D eigenvalue weighted by atomic mass is 10.0. The quantitative estimate of drug-likeness (QED) is 0.0956. The van der Waals surface area contributed by atoms with E-state index in [1.807, 2.05) is 72.8 Å². The van der Waals surface area contributed by atoms with Crippen LogP contribution in [-0.4, -0.2) is 36.3 Å². The van der Waals surface area contributed by atoms with Crippen LogP contribution < -0.4 is 32.2 Å². The molecule has 0 aliphatic heterocycles. The summed E-state index contributed by atoms with van der Waals surface area (Å²) in [5.41, 5.74) is 15.4. The molecule has 4 rings (SSSR count). The molecule has 2 atom stereocenters. The lowest BCUT2D eigenvalue weighted by molar-refractivity contribution is -0.130. The summed E-state index contributed by atoms with van der Waals surface area (Å²) in [6.45, 7) is 1.20. The number of unbranched alkanes of at least 4 members (excludes halogenated alkanes) is 1. The zero-order valence-corrected chi connectivity index (χ0v) is 25.3. The molecule has 9 heteroatoms. The Bertz CT molecular complexity index is 1500. The standard InChI is InChI=1S/C36H41N5O4/c37-22-8-7-13-32(40-34(42)29-11-5-2-6-12-29)36(44)41-33(23-26-14-18-30(38)19-15-26)35(43)39-24-27-16-20-31(21-17-27)45-25-28-9-3-1-4-10-28/h1-6,9-12,14-21,32-33H,7-8,13,22-25,37-38H2,(H,39,43)(H,40,42)(H,41,44)/t32-,33-/m0/s1. The Morgan fingerprint density at radius 2 is 1.31 bits per heavy atom. The molecule has 0 fully saturated rings. The maximum Gasteiger partial charge on any atom is 0.251 e. The largest absolute Gasteiger partial charge is 0.489 e. The van der Waals surface area contributed by atoms with Crippen LogP contribution in [0.15, 0.2) is 109 Å². The van der Waals surface area contributed by atoms with E-state index in [0.717, 1.165) is 22.4 Å². The van der Waals surface area contributed by atoms with Crippen molar-refractivity contribution in [2.45, 2.75) is 50.9 Å². The topological polar surface area (TPSA) is 149 Å². The van der Waals surface area contributed by atoms with Gasteiger partial charge in [0, 0.05) is 24.2 Å². The number of nitrogens with two attached hydrogens (primary N) is 2. The van der Waals surface area contributed by atoms with Gasteiger partial charge in [-0.3, -0.25) is 14.4 Å². The normalized spacial score (nSPS) is 12.0. The van der Waals surface area contributed by atoms with Gasteiger partial charge in [0.25, 0.3) is 5.91 Å². The van der Waals surface area contributed by atoms with Gasteiger partial charge < -0.3 is 32.2 Å². The van der Waals surface area contributed by atoms with Crippen LogP contribution >= 0.6 is 0 Å². The number of anilines is 1. The highest BCUT2D eigenvalue weighted by atomic mass is 16.5. The lowest BCUT2D eigenvalue weighted by Crippen LogP contribution is -2.54. The monoisotopic (exact) mass is 607 g/mol. The maximum atomic E-state index is 13.6. The van der Waals surface area contributed by atoms with E-state index in [4.69, 9.17) is 16.2 Å². The number of ether oxygens (including phenoxy) is 1. The zero-order chi connectivity index (χ0) is 31.9. The second kappa shape index (κ2) is 17.2. The average molecular weight is 608 g/mol. The Morgan fingerprint density at radius 1 is 0.667 bits per heavy atom. The van der Waals surface area contributed by atoms with Crippen LogP contribution in [0.4, 0.5) is 5.69 Å². The summed E-state index contributed by atoms with van der Waals surface area (Å²) in [5, 5.41) is 8.68. The van der Waals surface area contributed by atoms with Crippen LogP contribution in [0.5, 0.6) is 5.75 Å². The number of carbonyl (C=O) groups is 3. The van der Waals surface area contributed by atoms with Crippen molar-refractivity contribution in [2.75, 3.05) is 12.3 Å². The minimum Gasteiger partial charge on any atom is -0.489 e. The van der Waals surface area contributed by atoms with E-state index < -0.39 is 18.0 Å². The first-order chi connectivity index (χ1) is 21.9. The van der Waals surface area contributed by atoms with Gasteiger partial charge in [0.15, 0.2) is 0 Å². The van der Waals surface area contributed by atoms with Crippen molar-refractivity contribution in [1.82, 2.24) is 16.0 Å². The SMILES string of the molecule is NCCCC[C@H](NC(=O)c1ccccc1)C(=O)N[C@@H](Cc1ccc(N)cc1)C(=O)NCc1ccc(OCc2ccccc2)cc1. The molecule has 4 aromatic rings. The smallest absolute Gasteiger partial charge is 0.251 e. The number of nitrogens with one attached hydrogen (secondary N) is 3. The van der Waals surface area contributed by atoms with Gasteiger partial charge in [-0.2, -0.15) is 0 Å². The van der Waals surface area contributed by atoms with E-state index in [-0.39, 0.29) is 24.8 Å². The van der Waals surface area contributed by atoms with E-state index in [1.165, 1.54) is 0 Å². The molecule has 0 aliphatic carbocycles. The van der Waals surface area contributed by atoms with Crippen LogP contribution in [0.25, 0.3) is 0 Å². The number of rotatable bonds is 16. The summed E-state index contributed by atoms with van der Waals surface area (Å²) >= 11 is 0. The molecule has 0 radical (unpaired) electrons. The van der Waals surface area contributed by atoms with Crippen LogP contribution in [-0.2, 0) is 29.2 Å². The van der Waals surface area contributed by atoms with Gasteiger partial charge >= 0.3 is 0 Å². The van der Waals surface area contributed by atoms with Gasteiger partial charge in [0.2, 0.25) is 11.8 Å².